The van der Waals surface area contributed by atoms with E-state index in [1.165, 1.54) is 25.4 Å². The summed E-state index contributed by atoms with van der Waals surface area (Å²) in [6, 6.07) is 12.9. The third-order valence-corrected chi connectivity index (χ3v) is 3.64. The number of rotatable bonds is 0. The summed E-state index contributed by atoms with van der Waals surface area (Å²) in [7, 11) is 0. The largest absolute Gasteiger partial charge is 0.214 e. The van der Waals surface area contributed by atoms with Crippen LogP contribution in [-0.4, -0.2) is 0 Å². The van der Waals surface area contributed by atoms with Crippen LogP contribution in [0.2, 0.25) is 0 Å². The first-order valence-electron chi connectivity index (χ1n) is 5.24. The van der Waals surface area contributed by atoms with E-state index in [9.17, 15) is 0 Å². The molecule has 0 fully saturated rings. The molecule has 0 amide bonds. The quantitative estimate of drug-likeness (QED) is 0.339. The zero-order valence-corrected chi connectivity index (χ0v) is 11.1. The molecule has 0 aliphatic carbocycles. The standard InChI is InChI=1S/C14H11IN/c1-10-13-8-12(15)6-5-11(13)9-16-7-3-2-4-14(10)16/h2-9H,1H3/q+1. The fraction of sp³-hybridized carbons (Fsp3) is 0.0714. The third-order valence-electron chi connectivity index (χ3n) is 2.97. The van der Waals surface area contributed by atoms with Gasteiger partial charge in [-0.05, 0) is 59.2 Å². The number of hydrogen-bond acceptors (Lipinski definition) is 0. The monoisotopic (exact) mass is 320 g/mol. The van der Waals surface area contributed by atoms with Crippen molar-refractivity contribution in [2.75, 3.05) is 0 Å². The van der Waals surface area contributed by atoms with Crippen molar-refractivity contribution in [2.24, 2.45) is 0 Å². The number of fused-ring (bicyclic) bond motifs is 2. The molecular weight excluding hydrogens is 309 g/mol. The van der Waals surface area contributed by atoms with Gasteiger partial charge < -0.3 is 0 Å². The van der Waals surface area contributed by atoms with Crippen LogP contribution in [0.4, 0.5) is 0 Å². The van der Waals surface area contributed by atoms with Crippen molar-refractivity contribution in [3.63, 3.8) is 0 Å². The number of benzene rings is 1. The lowest BCUT2D eigenvalue weighted by molar-refractivity contribution is -0.510. The zero-order chi connectivity index (χ0) is 11.1. The van der Waals surface area contributed by atoms with Crippen LogP contribution in [-0.2, 0) is 0 Å². The van der Waals surface area contributed by atoms with Crippen LogP contribution in [0, 0.1) is 10.5 Å². The summed E-state index contributed by atoms with van der Waals surface area (Å²) in [4.78, 5) is 0. The number of hydrogen-bond donors (Lipinski definition) is 0. The Hall–Kier alpha value is -1.16. The summed E-state index contributed by atoms with van der Waals surface area (Å²) in [6.07, 6.45) is 4.29. The predicted octanol–water partition coefficient (Wildman–Crippen LogP) is 3.49. The van der Waals surface area contributed by atoms with Crippen molar-refractivity contribution in [2.45, 2.75) is 6.92 Å². The second-order valence-electron chi connectivity index (χ2n) is 3.98. The Labute approximate surface area is 108 Å². The fourth-order valence-corrected chi connectivity index (χ4v) is 2.63. The summed E-state index contributed by atoms with van der Waals surface area (Å²) < 4.78 is 3.47. The third kappa shape index (κ3) is 1.48. The lowest BCUT2D eigenvalue weighted by atomic mass is 10.1. The maximum Gasteiger partial charge on any atom is 0.214 e. The summed E-state index contributed by atoms with van der Waals surface area (Å²) >= 11 is 2.36. The Balaban J connectivity index is 2.56. The van der Waals surface area contributed by atoms with Crippen molar-refractivity contribution in [3.05, 3.63) is 57.9 Å². The SMILES string of the molecule is Cc1c2cc(I)ccc2c[n+]2ccccc12. The van der Waals surface area contributed by atoms with E-state index >= 15 is 0 Å². The van der Waals surface area contributed by atoms with Gasteiger partial charge in [0.1, 0.15) is 0 Å². The van der Waals surface area contributed by atoms with Crippen LogP contribution < -0.4 is 4.40 Å². The van der Waals surface area contributed by atoms with Crippen molar-refractivity contribution in [3.8, 4) is 0 Å². The summed E-state index contributed by atoms with van der Waals surface area (Å²) in [6.45, 7) is 2.19. The maximum absolute atomic E-state index is 2.36. The summed E-state index contributed by atoms with van der Waals surface area (Å²) in [5.41, 5.74) is 2.62. The average Bonchev–Trinajstić information content (AvgIpc) is 2.31. The van der Waals surface area contributed by atoms with Gasteiger partial charge in [0.15, 0.2) is 12.4 Å². The molecule has 1 aromatic carbocycles. The van der Waals surface area contributed by atoms with Gasteiger partial charge in [-0.25, -0.2) is 0 Å². The number of nitrogens with zero attached hydrogens (tertiary/aromatic N) is 1. The minimum Gasteiger partial charge on any atom is -0.166 e. The second kappa shape index (κ2) is 3.70. The molecule has 0 spiro atoms. The van der Waals surface area contributed by atoms with E-state index in [0.29, 0.717) is 0 Å². The smallest absolute Gasteiger partial charge is 0.166 e. The molecule has 78 valence electrons. The van der Waals surface area contributed by atoms with Crippen molar-refractivity contribution < 1.29 is 4.40 Å². The predicted molar refractivity (Wildman–Crippen MR) is 74.6 cm³/mol. The lowest BCUT2D eigenvalue weighted by Crippen LogP contribution is -2.21. The van der Waals surface area contributed by atoms with Gasteiger partial charge in [0, 0.05) is 26.7 Å². The highest BCUT2D eigenvalue weighted by atomic mass is 127. The van der Waals surface area contributed by atoms with Crippen LogP contribution in [0.5, 0.6) is 0 Å². The molecule has 0 atom stereocenters. The minimum absolute atomic E-state index is 1.28. The molecule has 2 heterocycles. The average molecular weight is 320 g/mol. The van der Waals surface area contributed by atoms with Crippen LogP contribution in [0.15, 0.2) is 48.8 Å². The van der Waals surface area contributed by atoms with Gasteiger partial charge in [-0.1, -0.05) is 0 Å². The number of pyridine rings is 2. The van der Waals surface area contributed by atoms with Crippen molar-refractivity contribution in [1.29, 1.82) is 0 Å². The Bertz CT molecular complexity index is 689. The lowest BCUT2D eigenvalue weighted by Gasteiger charge is -2.02. The van der Waals surface area contributed by atoms with Gasteiger partial charge >= 0.3 is 0 Å². The molecule has 0 radical (unpaired) electrons. The summed E-state index contributed by atoms with van der Waals surface area (Å²) in [5, 5.41) is 2.64. The van der Waals surface area contributed by atoms with E-state index < -0.39 is 0 Å². The highest BCUT2D eigenvalue weighted by Crippen LogP contribution is 2.21. The molecule has 0 unspecified atom stereocenters. The zero-order valence-electron chi connectivity index (χ0n) is 8.94. The molecule has 16 heavy (non-hydrogen) atoms. The second-order valence-corrected chi connectivity index (χ2v) is 5.22. The van der Waals surface area contributed by atoms with Crippen LogP contribution in [0.3, 0.4) is 0 Å². The van der Waals surface area contributed by atoms with E-state index in [-0.39, 0.29) is 0 Å². The first-order valence-corrected chi connectivity index (χ1v) is 6.32. The summed E-state index contributed by atoms with van der Waals surface area (Å²) in [5.74, 6) is 0. The molecule has 0 bridgehead atoms. The first kappa shape index (κ1) is 10.0. The first-order chi connectivity index (χ1) is 7.75. The Morgan fingerprint density at radius 3 is 2.88 bits per heavy atom. The highest BCUT2D eigenvalue weighted by Gasteiger charge is 2.09. The molecule has 1 nitrogen and oxygen atoms in total. The molecule has 2 aromatic heterocycles. The van der Waals surface area contributed by atoms with E-state index in [2.05, 4.69) is 82.7 Å². The molecule has 3 aromatic rings. The van der Waals surface area contributed by atoms with E-state index in [1.54, 1.807) is 0 Å². The van der Waals surface area contributed by atoms with Gasteiger partial charge in [-0.3, -0.25) is 0 Å². The highest BCUT2D eigenvalue weighted by molar-refractivity contribution is 14.1. The van der Waals surface area contributed by atoms with Gasteiger partial charge in [0.2, 0.25) is 5.52 Å². The topological polar surface area (TPSA) is 4.10 Å². The molecule has 0 N–H and O–H groups in total. The minimum atomic E-state index is 1.28. The normalized spacial score (nSPS) is 11.1. The van der Waals surface area contributed by atoms with Crippen molar-refractivity contribution in [1.82, 2.24) is 0 Å². The van der Waals surface area contributed by atoms with E-state index in [1.807, 2.05) is 0 Å². The molecule has 2 heteroatoms. The van der Waals surface area contributed by atoms with E-state index in [0.717, 1.165) is 0 Å². The molecule has 0 saturated carbocycles. The van der Waals surface area contributed by atoms with Gasteiger partial charge in [-0.15, -0.1) is 0 Å². The Morgan fingerprint density at radius 1 is 1.12 bits per heavy atom. The van der Waals surface area contributed by atoms with Crippen LogP contribution in [0.25, 0.3) is 16.3 Å². The number of aromatic nitrogens is 1. The van der Waals surface area contributed by atoms with Crippen LogP contribution >= 0.6 is 22.6 Å². The Kier molecular flexibility index (Phi) is 2.32. The maximum atomic E-state index is 2.36. The molecule has 0 aliphatic rings. The molecule has 0 aliphatic heterocycles. The number of halogens is 1. The van der Waals surface area contributed by atoms with Crippen LogP contribution in [0.1, 0.15) is 5.56 Å². The number of aryl methyl sites for hydroxylation is 1. The fourth-order valence-electron chi connectivity index (χ4n) is 2.14. The van der Waals surface area contributed by atoms with Gasteiger partial charge in [0.05, 0.1) is 0 Å². The van der Waals surface area contributed by atoms with Gasteiger partial charge in [-0.2, -0.15) is 4.40 Å². The molecule has 3 rings (SSSR count). The molecule has 0 saturated heterocycles. The van der Waals surface area contributed by atoms with Crippen molar-refractivity contribution >= 4 is 38.9 Å². The molecular formula is C14H11IN+. The van der Waals surface area contributed by atoms with E-state index in [4.69, 9.17) is 0 Å². The Morgan fingerprint density at radius 2 is 2.00 bits per heavy atom. The van der Waals surface area contributed by atoms with Gasteiger partial charge in [0.25, 0.3) is 0 Å².